The Labute approximate surface area is 171 Å². The lowest BCUT2D eigenvalue weighted by atomic mass is 9.98. The summed E-state index contributed by atoms with van der Waals surface area (Å²) in [5, 5.41) is 18.9. The minimum Gasteiger partial charge on any atom is -0.480 e. The number of hydrogen-bond donors (Lipinski definition) is 2. The van der Waals surface area contributed by atoms with E-state index in [-0.39, 0.29) is 24.0 Å². The van der Waals surface area contributed by atoms with E-state index in [1.807, 2.05) is 48.5 Å². The van der Waals surface area contributed by atoms with E-state index in [0.717, 1.165) is 27.2 Å². The Kier molecular flexibility index (Phi) is 5.19. The van der Waals surface area contributed by atoms with Gasteiger partial charge < -0.3 is 14.9 Å². The maximum absolute atomic E-state index is 12.8. The Morgan fingerprint density at radius 1 is 0.897 bits per heavy atom. The molecule has 7 nitrogen and oxygen atoms in total. The number of rotatable bonds is 4. The first-order chi connectivity index (χ1) is 14.0. The van der Waals surface area contributed by atoms with Gasteiger partial charge in [0.2, 0.25) is 0 Å². The minimum absolute atomic E-state index is 0.00911. The Morgan fingerprint density at radius 3 is 1.86 bits per heavy atom. The van der Waals surface area contributed by atoms with Gasteiger partial charge in [-0.15, -0.1) is 0 Å². The summed E-state index contributed by atoms with van der Waals surface area (Å²) in [5.74, 6) is -2.40. The number of carboxylic acids is 2. The van der Waals surface area contributed by atoms with E-state index in [2.05, 4.69) is 0 Å². The van der Waals surface area contributed by atoms with Crippen molar-refractivity contribution in [1.82, 2.24) is 4.90 Å². The lowest BCUT2D eigenvalue weighted by molar-refractivity contribution is -0.148. The van der Waals surface area contributed by atoms with Gasteiger partial charge in [0.1, 0.15) is 18.7 Å². The van der Waals surface area contributed by atoms with Crippen LogP contribution in [-0.4, -0.2) is 63.3 Å². The molecular formula is C21H19NO6S. The number of carbonyl (C=O) groups excluding carboxylic acids is 1. The Balaban J connectivity index is 1.57. The van der Waals surface area contributed by atoms with E-state index in [1.54, 1.807) is 0 Å². The third kappa shape index (κ3) is 3.44. The van der Waals surface area contributed by atoms with Crippen molar-refractivity contribution in [2.75, 3.05) is 18.1 Å². The summed E-state index contributed by atoms with van der Waals surface area (Å²) in [4.78, 5) is 36.8. The molecule has 1 amide bonds. The topological polar surface area (TPSA) is 104 Å². The molecule has 2 N–H and O–H groups in total. The van der Waals surface area contributed by atoms with Crippen LogP contribution in [0.3, 0.4) is 0 Å². The summed E-state index contributed by atoms with van der Waals surface area (Å²) < 4.78 is 5.49. The number of fused-ring (bicyclic) bond motifs is 3. The smallest absolute Gasteiger partial charge is 0.411 e. The first kappa shape index (κ1) is 19.3. The van der Waals surface area contributed by atoms with Crippen molar-refractivity contribution < 1.29 is 29.3 Å². The van der Waals surface area contributed by atoms with Gasteiger partial charge in [0.25, 0.3) is 0 Å². The van der Waals surface area contributed by atoms with Gasteiger partial charge in [-0.3, -0.25) is 4.90 Å². The molecule has 1 aliphatic carbocycles. The van der Waals surface area contributed by atoms with Crippen molar-refractivity contribution in [2.45, 2.75) is 18.0 Å². The second-order valence-corrected chi connectivity index (χ2v) is 8.03. The van der Waals surface area contributed by atoms with Gasteiger partial charge in [0.05, 0.1) is 0 Å². The summed E-state index contributed by atoms with van der Waals surface area (Å²) in [5.41, 5.74) is 4.20. The fourth-order valence-corrected chi connectivity index (χ4v) is 5.16. The number of carbonyl (C=O) groups is 3. The Hall–Kier alpha value is -3.00. The van der Waals surface area contributed by atoms with Crippen LogP contribution in [-0.2, 0) is 14.3 Å². The van der Waals surface area contributed by atoms with E-state index in [1.165, 1.54) is 11.8 Å². The molecule has 0 radical (unpaired) electrons. The van der Waals surface area contributed by atoms with Gasteiger partial charge >= 0.3 is 18.0 Å². The third-order valence-corrected chi connectivity index (χ3v) is 6.44. The molecule has 1 heterocycles. The molecule has 4 rings (SSSR count). The molecule has 1 aliphatic heterocycles. The number of hydrogen-bond acceptors (Lipinski definition) is 5. The largest absolute Gasteiger partial charge is 0.480 e. The summed E-state index contributed by atoms with van der Waals surface area (Å²) in [6.45, 7) is 0.00911. The molecule has 0 spiro atoms. The van der Waals surface area contributed by atoms with Crippen molar-refractivity contribution in [1.29, 1.82) is 0 Å². The van der Waals surface area contributed by atoms with Crippen molar-refractivity contribution in [3.05, 3.63) is 59.7 Å². The minimum atomic E-state index is -1.24. The average molecular weight is 413 g/mol. The molecule has 0 unspecified atom stereocenters. The molecular weight excluding hydrogens is 394 g/mol. The zero-order valence-corrected chi connectivity index (χ0v) is 16.2. The number of nitrogens with zero attached hydrogens (tertiary/aromatic N) is 1. The zero-order chi connectivity index (χ0) is 20.5. The molecule has 2 aromatic carbocycles. The van der Waals surface area contributed by atoms with Crippen LogP contribution in [0.15, 0.2) is 48.5 Å². The van der Waals surface area contributed by atoms with E-state index in [4.69, 9.17) is 4.74 Å². The predicted octanol–water partition coefficient (Wildman–Crippen LogP) is 2.89. The van der Waals surface area contributed by atoms with Gasteiger partial charge in [-0.25, -0.2) is 14.4 Å². The van der Waals surface area contributed by atoms with Crippen LogP contribution in [0.25, 0.3) is 11.1 Å². The van der Waals surface area contributed by atoms with E-state index in [9.17, 15) is 24.6 Å². The second kappa shape index (κ2) is 7.79. The van der Waals surface area contributed by atoms with E-state index in [0.29, 0.717) is 0 Å². The number of amides is 1. The van der Waals surface area contributed by atoms with Gasteiger partial charge in [-0.1, -0.05) is 48.5 Å². The fraction of sp³-hybridized carbons (Fsp3) is 0.286. The highest BCUT2D eigenvalue weighted by Crippen LogP contribution is 2.44. The van der Waals surface area contributed by atoms with Gasteiger partial charge in [-0.2, -0.15) is 11.8 Å². The number of carboxylic acid groups (broad SMARTS) is 2. The van der Waals surface area contributed by atoms with Crippen LogP contribution in [0, 0.1) is 0 Å². The first-order valence-corrected chi connectivity index (χ1v) is 10.3. The molecule has 150 valence electrons. The quantitative estimate of drug-likeness (QED) is 0.794. The van der Waals surface area contributed by atoms with Crippen LogP contribution < -0.4 is 0 Å². The average Bonchev–Trinajstić information content (AvgIpc) is 3.05. The molecule has 0 saturated carbocycles. The molecule has 1 saturated heterocycles. The standard InChI is InChI=1S/C21H19NO6S/c23-19(24)17-10-29-11-18(20(25)26)22(17)21(27)28-9-16-14-7-3-1-5-12(14)13-6-2-4-8-15(13)16/h1-8,16-18H,9-11H2,(H,23,24)(H,25,26)/t17-,18-/m0/s1. The van der Waals surface area contributed by atoms with Gasteiger partial charge in [-0.05, 0) is 22.3 Å². The maximum Gasteiger partial charge on any atom is 0.411 e. The van der Waals surface area contributed by atoms with Crippen molar-refractivity contribution >= 4 is 29.8 Å². The Bertz CT molecular complexity index is 910. The molecule has 1 fully saturated rings. The highest BCUT2D eigenvalue weighted by Gasteiger charge is 2.43. The molecule has 0 bridgehead atoms. The summed E-state index contributed by atoms with van der Waals surface area (Å²) in [6.07, 6.45) is -0.910. The van der Waals surface area contributed by atoms with Crippen LogP contribution in [0.4, 0.5) is 4.79 Å². The number of ether oxygens (including phenoxy) is 1. The molecule has 0 aromatic heterocycles. The van der Waals surface area contributed by atoms with Crippen LogP contribution in [0.5, 0.6) is 0 Å². The first-order valence-electron chi connectivity index (χ1n) is 9.15. The van der Waals surface area contributed by atoms with Crippen molar-refractivity contribution in [3.8, 4) is 11.1 Å². The summed E-state index contributed by atoms with van der Waals surface area (Å²) in [7, 11) is 0. The van der Waals surface area contributed by atoms with E-state index >= 15 is 0 Å². The third-order valence-electron chi connectivity index (χ3n) is 5.34. The predicted molar refractivity (Wildman–Crippen MR) is 107 cm³/mol. The van der Waals surface area contributed by atoms with Crippen molar-refractivity contribution in [2.24, 2.45) is 0 Å². The van der Waals surface area contributed by atoms with Gasteiger partial charge in [0, 0.05) is 17.4 Å². The fourth-order valence-electron chi connectivity index (χ4n) is 3.97. The van der Waals surface area contributed by atoms with Gasteiger partial charge in [0.15, 0.2) is 0 Å². The molecule has 29 heavy (non-hydrogen) atoms. The van der Waals surface area contributed by atoms with Crippen LogP contribution >= 0.6 is 11.8 Å². The zero-order valence-electron chi connectivity index (χ0n) is 15.4. The SMILES string of the molecule is O=C(O)[C@@H]1CSC[C@@H](C(=O)O)N1C(=O)OCC1c2ccccc2-c2ccccc21. The number of benzene rings is 2. The maximum atomic E-state index is 12.8. The highest BCUT2D eigenvalue weighted by molar-refractivity contribution is 7.99. The lowest BCUT2D eigenvalue weighted by Crippen LogP contribution is -2.58. The van der Waals surface area contributed by atoms with Crippen LogP contribution in [0.1, 0.15) is 17.0 Å². The molecule has 8 heteroatoms. The van der Waals surface area contributed by atoms with Crippen molar-refractivity contribution in [3.63, 3.8) is 0 Å². The number of aliphatic carboxylic acids is 2. The lowest BCUT2D eigenvalue weighted by Gasteiger charge is -2.36. The molecule has 2 atom stereocenters. The Morgan fingerprint density at radius 2 is 1.38 bits per heavy atom. The van der Waals surface area contributed by atoms with Crippen LogP contribution in [0.2, 0.25) is 0 Å². The normalized spacial score (nSPS) is 20.6. The molecule has 2 aromatic rings. The summed E-state index contributed by atoms with van der Waals surface area (Å²) >= 11 is 1.20. The summed E-state index contributed by atoms with van der Waals surface area (Å²) in [6, 6.07) is 13.3. The second-order valence-electron chi connectivity index (χ2n) is 6.96. The number of thioether (sulfide) groups is 1. The highest BCUT2D eigenvalue weighted by atomic mass is 32.2. The molecule has 2 aliphatic rings. The monoisotopic (exact) mass is 413 g/mol. The van der Waals surface area contributed by atoms with E-state index < -0.39 is 30.1 Å².